The van der Waals surface area contributed by atoms with Crippen molar-refractivity contribution in [2.75, 3.05) is 26.4 Å². The molecule has 0 unspecified atom stereocenters. The van der Waals surface area contributed by atoms with Gasteiger partial charge in [-0.15, -0.1) is 0 Å². The van der Waals surface area contributed by atoms with Gasteiger partial charge in [-0.05, 0) is 49.1 Å². The van der Waals surface area contributed by atoms with Crippen LogP contribution in [0, 0.1) is 0 Å². The molecule has 0 aliphatic carbocycles. The number of phosphoric acid groups is 1. The maximum atomic E-state index is 15.1. The van der Waals surface area contributed by atoms with Crippen molar-refractivity contribution in [1.29, 1.82) is 0 Å². The third-order valence-electron chi connectivity index (χ3n) is 12.3. The Hall–Kier alpha value is -3.30. The van der Waals surface area contributed by atoms with Gasteiger partial charge in [0.05, 0.1) is 6.10 Å². The maximum absolute atomic E-state index is 15.1. The van der Waals surface area contributed by atoms with Gasteiger partial charge in [0.2, 0.25) is 3.79 Å². The highest BCUT2D eigenvalue weighted by molar-refractivity contribution is 7.49. The molecule has 1 heterocycles. The van der Waals surface area contributed by atoms with Gasteiger partial charge in [-0.2, -0.15) is 0 Å². The number of phosphoric ester groups is 1. The molecule has 0 radical (unpaired) electrons. The van der Waals surface area contributed by atoms with Crippen LogP contribution in [0.4, 0.5) is 9.59 Å². The zero-order chi connectivity index (χ0) is 52.4. The number of ether oxygens (including phenoxy) is 6. The highest BCUT2D eigenvalue weighted by atomic mass is 35.6. The number of halogens is 3. The number of nitrogens with one attached hydrogen (secondary N) is 1. The van der Waals surface area contributed by atoms with Crippen molar-refractivity contribution in [1.82, 2.24) is 5.32 Å². The van der Waals surface area contributed by atoms with Crippen LogP contribution in [0.1, 0.15) is 154 Å². The average molecular weight is 1100 g/mol. The van der Waals surface area contributed by atoms with E-state index in [1.807, 2.05) is 6.07 Å². The second kappa shape index (κ2) is 36.6. The van der Waals surface area contributed by atoms with E-state index in [1.54, 1.807) is 84.9 Å². The Labute approximate surface area is 449 Å². The van der Waals surface area contributed by atoms with E-state index in [0.717, 1.165) is 50.5 Å². The van der Waals surface area contributed by atoms with Crippen molar-refractivity contribution in [3.05, 3.63) is 96.6 Å². The predicted octanol–water partition coefficient (Wildman–Crippen LogP) is 15.2. The van der Waals surface area contributed by atoms with E-state index in [4.69, 9.17) is 76.8 Å². The molecular formula is C55H81Cl3NO13P. The Kier molecular flexibility index (Phi) is 31.2. The van der Waals surface area contributed by atoms with E-state index in [2.05, 4.69) is 19.2 Å². The third-order valence-corrected chi connectivity index (χ3v) is 14.0. The van der Waals surface area contributed by atoms with E-state index in [-0.39, 0.29) is 30.8 Å². The van der Waals surface area contributed by atoms with Gasteiger partial charge >= 0.3 is 20.1 Å². The van der Waals surface area contributed by atoms with Crippen LogP contribution in [0.2, 0.25) is 0 Å². The molecule has 1 aliphatic rings. The van der Waals surface area contributed by atoms with Crippen molar-refractivity contribution >= 4 is 54.9 Å². The lowest BCUT2D eigenvalue weighted by Crippen LogP contribution is -2.65. The topological polar surface area (TPSA) is 167 Å². The smallest absolute Gasteiger partial charge is 0.445 e. The monoisotopic (exact) mass is 1100 g/mol. The first-order chi connectivity index (χ1) is 35.4. The van der Waals surface area contributed by atoms with Crippen LogP contribution in [-0.2, 0) is 44.1 Å². The number of rotatable bonds is 38. The molecule has 0 saturated carbocycles. The van der Waals surface area contributed by atoms with Gasteiger partial charge in [-0.1, -0.05) is 231 Å². The number of para-hydroxylation sites is 2. The molecule has 1 saturated heterocycles. The van der Waals surface area contributed by atoms with Crippen LogP contribution in [0.5, 0.6) is 11.5 Å². The zero-order valence-electron chi connectivity index (χ0n) is 42.9. The molecule has 0 bridgehead atoms. The normalized spacial score (nSPS) is 18.4. The maximum Gasteiger partial charge on any atom is 0.588 e. The van der Waals surface area contributed by atoms with E-state index in [9.17, 15) is 14.7 Å². The Morgan fingerprint density at radius 2 is 1.15 bits per heavy atom. The van der Waals surface area contributed by atoms with Gasteiger partial charge in [-0.3, -0.25) is 4.52 Å². The molecule has 1 fully saturated rings. The number of unbranched alkanes of at least 4 members (excludes halogenated alkanes) is 17. The lowest BCUT2D eigenvalue weighted by atomic mass is 9.96. The quantitative estimate of drug-likeness (QED) is 0.0241. The summed E-state index contributed by atoms with van der Waals surface area (Å²) in [5.74, 6) is 0.272. The Morgan fingerprint density at radius 1 is 0.644 bits per heavy atom. The van der Waals surface area contributed by atoms with E-state index in [0.29, 0.717) is 13.0 Å². The number of alkyl carbamates (subject to hydrolysis) is 1. The number of hydrogen-bond acceptors (Lipinski definition) is 13. The molecule has 6 atom stereocenters. The molecule has 1 aliphatic heterocycles. The number of aliphatic hydroxyl groups excluding tert-OH is 1. The van der Waals surface area contributed by atoms with Crippen molar-refractivity contribution in [3.63, 3.8) is 0 Å². The largest absolute Gasteiger partial charge is 0.588 e. The highest BCUT2D eigenvalue weighted by Crippen LogP contribution is 2.52. The lowest BCUT2D eigenvalue weighted by Gasteiger charge is -2.44. The second-order valence-corrected chi connectivity index (χ2v) is 22.5. The molecule has 0 aromatic heterocycles. The van der Waals surface area contributed by atoms with Crippen molar-refractivity contribution < 1.29 is 61.3 Å². The molecule has 0 spiro atoms. The van der Waals surface area contributed by atoms with Crippen LogP contribution in [0.15, 0.2) is 91.0 Å². The Bertz CT molecular complexity index is 1890. The Morgan fingerprint density at radius 3 is 1.68 bits per heavy atom. The van der Waals surface area contributed by atoms with Crippen LogP contribution in [-0.4, -0.2) is 84.3 Å². The SMILES string of the molecule is CCCCCCCCCCCCO[C@@H](CCCCCCCCCCC)CCO[C@@H]1[C@H](NC(=O)OCC(Cl)(Cl)Cl)[C@@H](O)O[C@H](COC(=O)OCc2ccccc2)[C@H]1OP(=O)(Oc1ccccc1)Oc1ccccc1. The number of alkyl halides is 3. The third kappa shape index (κ3) is 27.4. The van der Waals surface area contributed by atoms with E-state index < -0.39 is 67.7 Å². The standard InChI is InChI=1S/C55H81Cl3NO13P/c1-3-5-7-9-11-13-15-17-19-30-39-64-45(33-25-18-16-14-12-10-8-6-4-2)38-40-65-51-49(59-53(61)68-43-55(56,57)58)52(60)69-48(42-67-54(62)66-41-44-31-23-20-24-32-44)50(51)72-73(63,70-46-34-26-21-27-35-46)71-47-36-28-22-29-37-47/h20-24,26-29,31-32,34-37,45,48-52,60H,3-19,25,30,33,38-43H2,1-2H3,(H,59,61)/t45-,48+,49-,50+,51+,52-/m0/s1. The molecule has 14 nitrogen and oxygen atoms in total. The summed E-state index contributed by atoms with van der Waals surface area (Å²) in [6.45, 7) is 3.76. The van der Waals surface area contributed by atoms with Gasteiger partial charge in [0.1, 0.15) is 55.7 Å². The summed E-state index contributed by atoms with van der Waals surface area (Å²) < 4.78 is 66.9. The summed E-state index contributed by atoms with van der Waals surface area (Å²) >= 11 is 17.7. The number of amides is 1. The van der Waals surface area contributed by atoms with Gasteiger partial charge in [0, 0.05) is 13.2 Å². The van der Waals surface area contributed by atoms with Crippen molar-refractivity contribution in [2.45, 2.75) is 196 Å². The van der Waals surface area contributed by atoms with Crippen LogP contribution in [0.25, 0.3) is 0 Å². The number of benzene rings is 3. The van der Waals surface area contributed by atoms with Gasteiger partial charge in [-0.25, -0.2) is 14.2 Å². The van der Waals surface area contributed by atoms with E-state index >= 15 is 4.57 Å². The van der Waals surface area contributed by atoms with Gasteiger partial charge < -0.3 is 47.9 Å². The minimum absolute atomic E-state index is 0.0227. The summed E-state index contributed by atoms with van der Waals surface area (Å²) in [4.78, 5) is 26.4. The lowest BCUT2D eigenvalue weighted by molar-refractivity contribution is -0.259. The summed E-state index contributed by atoms with van der Waals surface area (Å²) in [7, 11) is -4.78. The van der Waals surface area contributed by atoms with Crippen LogP contribution < -0.4 is 14.4 Å². The first-order valence-corrected chi connectivity index (χ1v) is 29.2. The minimum Gasteiger partial charge on any atom is -0.445 e. The fourth-order valence-corrected chi connectivity index (χ4v) is 9.97. The fourth-order valence-electron chi connectivity index (χ4n) is 8.37. The van der Waals surface area contributed by atoms with Crippen molar-refractivity contribution in [2.24, 2.45) is 0 Å². The van der Waals surface area contributed by atoms with Crippen molar-refractivity contribution in [3.8, 4) is 11.5 Å². The first kappa shape index (κ1) is 62.2. The summed E-state index contributed by atoms with van der Waals surface area (Å²) in [5.41, 5.74) is 0.717. The summed E-state index contributed by atoms with van der Waals surface area (Å²) in [6.07, 6.45) is 15.4. The van der Waals surface area contributed by atoms with Gasteiger partial charge in [0.15, 0.2) is 6.29 Å². The number of carbonyl (C=O) groups is 2. The molecule has 410 valence electrons. The average Bonchev–Trinajstić information content (AvgIpc) is 3.37. The molecule has 18 heteroatoms. The first-order valence-electron chi connectivity index (χ1n) is 26.6. The molecule has 73 heavy (non-hydrogen) atoms. The number of aliphatic hydroxyl groups is 1. The molecule has 3 aromatic rings. The predicted molar refractivity (Wildman–Crippen MR) is 286 cm³/mol. The molecular weight excluding hydrogens is 1020 g/mol. The molecule has 4 rings (SSSR count). The van der Waals surface area contributed by atoms with Crippen LogP contribution in [0.3, 0.4) is 0 Å². The molecule has 2 N–H and O–H groups in total. The molecule has 3 aromatic carbocycles. The summed E-state index contributed by atoms with van der Waals surface area (Å²) in [6, 6.07) is 24.0. The fraction of sp³-hybridized carbons (Fsp3) is 0.636. The summed E-state index contributed by atoms with van der Waals surface area (Å²) in [5, 5.41) is 14.2. The zero-order valence-corrected chi connectivity index (χ0v) is 46.1. The molecule has 1 amide bonds. The van der Waals surface area contributed by atoms with Gasteiger partial charge in [0.25, 0.3) is 0 Å². The van der Waals surface area contributed by atoms with E-state index in [1.165, 1.54) is 83.5 Å². The van der Waals surface area contributed by atoms with Crippen LogP contribution >= 0.6 is 42.6 Å². The minimum atomic E-state index is -4.78. The number of hydrogen-bond donors (Lipinski definition) is 2. The second-order valence-electron chi connectivity index (χ2n) is 18.5. The number of carbonyl (C=O) groups excluding carboxylic acids is 2. The Balaban J connectivity index is 1.59. The highest BCUT2D eigenvalue weighted by Gasteiger charge is 2.52.